The number of hydrogen-bond acceptors (Lipinski definition) is 6. The van der Waals surface area contributed by atoms with Crippen LogP contribution in [0.1, 0.15) is 39.2 Å². The van der Waals surface area contributed by atoms with Crippen LogP contribution >= 0.6 is 0 Å². The van der Waals surface area contributed by atoms with E-state index in [0.717, 1.165) is 22.4 Å². The Morgan fingerprint density at radius 2 is 1.42 bits per heavy atom. The highest BCUT2D eigenvalue weighted by Gasteiger charge is 2.10. The number of aryl methyl sites for hydroxylation is 2. The van der Waals surface area contributed by atoms with E-state index in [1.54, 1.807) is 38.4 Å². The lowest BCUT2D eigenvalue weighted by Crippen LogP contribution is -2.03. The van der Waals surface area contributed by atoms with Crippen molar-refractivity contribution in [3.63, 3.8) is 0 Å². The van der Waals surface area contributed by atoms with Gasteiger partial charge in [-0.2, -0.15) is 0 Å². The number of rotatable bonds is 5. The van der Waals surface area contributed by atoms with Crippen LogP contribution in [0.4, 0.5) is 5.69 Å². The molecule has 7 heteroatoms. The largest absolute Gasteiger partial charge is 0.506 e. The summed E-state index contributed by atoms with van der Waals surface area (Å²) in [5, 5.41) is 27.4. The van der Waals surface area contributed by atoms with Gasteiger partial charge in [0.05, 0.1) is 31.2 Å². The lowest BCUT2D eigenvalue weighted by atomic mass is 10.1. The summed E-state index contributed by atoms with van der Waals surface area (Å²) < 4.78 is 5.82. The number of aliphatic hydroxyl groups is 2. The van der Waals surface area contributed by atoms with Crippen molar-refractivity contribution in [3.8, 4) is 11.5 Å². The molecule has 3 aromatic rings. The van der Waals surface area contributed by atoms with Crippen molar-refractivity contribution in [1.82, 2.24) is 9.97 Å². The van der Waals surface area contributed by atoms with E-state index in [2.05, 4.69) is 14.8 Å². The summed E-state index contributed by atoms with van der Waals surface area (Å²) in [5.41, 5.74) is 6.08. The molecule has 2 aromatic heterocycles. The fraction of sp³-hybridized carbons (Fsp3) is 0.292. The highest BCUT2D eigenvalue weighted by atomic mass is 16.5. The molecule has 3 rings (SSSR count). The molecule has 0 unspecified atom stereocenters. The van der Waals surface area contributed by atoms with Gasteiger partial charge in [0, 0.05) is 23.5 Å². The third kappa shape index (κ3) is 6.01. The number of aliphatic hydroxyl groups excluding tert-OH is 2. The Kier molecular flexibility index (Phi) is 8.50. The molecule has 7 nitrogen and oxygen atoms in total. The zero-order chi connectivity index (χ0) is 23.0. The second kappa shape index (κ2) is 11.1. The standard InChI is InChI=1S/C16H16N2O2.C8H11NO2/c1-11-14(9-19)8-18-12(2)16(11)20-10-13-4-6-15(17-3)7-5-13;1-5-7(4-10)3-9-6(2)8(5)11/h4-8,19H,9-10H2,1-2H3;3,10-11H,4H2,1-2H3. The van der Waals surface area contributed by atoms with Gasteiger partial charge in [0.15, 0.2) is 5.69 Å². The van der Waals surface area contributed by atoms with Crippen molar-refractivity contribution in [3.05, 3.63) is 87.3 Å². The molecule has 0 radical (unpaired) electrons. The van der Waals surface area contributed by atoms with Gasteiger partial charge in [0.1, 0.15) is 18.1 Å². The Hall–Kier alpha value is -3.47. The number of pyridine rings is 2. The maximum absolute atomic E-state index is 9.34. The van der Waals surface area contributed by atoms with E-state index in [4.69, 9.17) is 16.4 Å². The normalized spacial score (nSPS) is 10.1. The van der Waals surface area contributed by atoms with Crippen LogP contribution in [0.25, 0.3) is 4.85 Å². The van der Waals surface area contributed by atoms with Crippen molar-refractivity contribution in [2.75, 3.05) is 0 Å². The van der Waals surface area contributed by atoms with E-state index in [-0.39, 0.29) is 19.0 Å². The smallest absolute Gasteiger partial charge is 0.187 e. The summed E-state index contributed by atoms with van der Waals surface area (Å²) in [6.45, 7) is 14.5. The Bertz CT molecular complexity index is 1070. The number of nitrogens with zero attached hydrogens (tertiary/aromatic N) is 3. The van der Waals surface area contributed by atoms with Gasteiger partial charge >= 0.3 is 0 Å². The molecule has 0 fully saturated rings. The summed E-state index contributed by atoms with van der Waals surface area (Å²) in [6.07, 6.45) is 3.24. The first kappa shape index (κ1) is 23.8. The first-order valence-corrected chi connectivity index (χ1v) is 9.72. The third-order valence-corrected chi connectivity index (χ3v) is 4.95. The number of ether oxygens (including phenoxy) is 1. The third-order valence-electron chi connectivity index (χ3n) is 4.95. The molecule has 3 N–H and O–H groups in total. The average Bonchev–Trinajstić information content (AvgIpc) is 2.78. The molecular formula is C24H27N3O4. The molecular weight excluding hydrogens is 394 g/mol. The zero-order valence-corrected chi connectivity index (χ0v) is 18.2. The van der Waals surface area contributed by atoms with Gasteiger partial charge in [-0.05, 0) is 44.4 Å². The van der Waals surface area contributed by atoms with Crippen LogP contribution < -0.4 is 4.74 Å². The van der Waals surface area contributed by atoms with Crippen LogP contribution in [0, 0.1) is 34.3 Å². The van der Waals surface area contributed by atoms with Crippen molar-refractivity contribution in [2.24, 2.45) is 0 Å². The van der Waals surface area contributed by atoms with Gasteiger partial charge in [-0.3, -0.25) is 9.97 Å². The summed E-state index contributed by atoms with van der Waals surface area (Å²) in [4.78, 5) is 11.5. The van der Waals surface area contributed by atoms with Crippen LogP contribution in [-0.4, -0.2) is 25.3 Å². The van der Waals surface area contributed by atoms with E-state index in [9.17, 15) is 10.2 Å². The fourth-order valence-electron chi connectivity index (χ4n) is 2.86. The molecule has 0 atom stereocenters. The Labute approximate surface area is 182 Å². The second-order valence-corrected chi connectivity index (χ2v) is 7.05. The molecule has 31 heavy (non-hydrogen) atoms. The fourth-order valence-corrected chi connectivity index (χ4v) is 2.86. The summed E-state index contributed by atoms with van der Waals surface area (Å²) in [5.74, 6) is 0.891. The van der Waals surface area contributed by atoms with Crippen LogP contribution in [0.5, 0.6) is 11.5 Å². The molecule has 1 aromatic carbocycles. The van der Waals surface area contributed by atoms with E-state index in [1.165, 1.54) is 0 Å². The van der Waals surface area contributed by atoms with Gasteiger partial charge in [0.2, 0.25) is 0 Å². The number of benzene rings is 1. The van der Waals surface area contributed by atoms with E-state index in [1.807, 2.05) is 26.0 Å². The number of aromatic hydroxyl groups is 1. The van der Waals surface area contributed by atoms with Crippen molar-refractivity contribution >= 4 is 5.69 Å². The lowest BCUT2D eigenvalue weighted by Gasteiger charge is -2.14. The van der Waals surface area contributed by atoms with E-state index in [0.29, 0.717) is 34.9 Å². The molecule has 0 aliphatic heterocycles. The predicted molar refractivity (Wildman–Crippen MR) is 118 cm³/mol. The maximum Gasteiger partial charge on any atom is 0.187 e. The summed E-state index contributed by atoms with van der Waals surface area (Å²) in [7, 11) is 0. The summed E-state index contributed by atoms with van der Waals surface area (Å²) >= 11 is 0. The highest BCUT2D eigenvalue weighted by molar-refractivity contribution is 5.45. The second-order valence-electron chi connectivity index (χ2n) is 7.05. The van der Waals surface area contributed by atoms with Gasteiger partial charge in [-0.25, -0.2) is 4.85 Å². The van der Waals surface area contributed by atoms with Crippen molar-refractivity contribution in [2.45, 2.75) is 47.5 Å². The molecule has 0 aliphatic carbocycles. The lowest BCUT2D eigenvalue weighted by molar-refractivity contribution is 0.274. The van der Waals surface area contributed by atoms with Crippen LogP contribution in [0.2, 0.25) is 0 Å². The maximum atomic E-state index is 9.34. The van der Waals surface area contributed by atoms with E-state index >= 15 is 0 Å². The van der Waals surface area contributed by atoms with Crippen LogP contribution in [-0.2, 0) is 19.8 Å². The Balaban J connectivity index is 0.000000262. The Morgan fingerprint density at radius 1 is 0.871 bits per heavy atom. The molecule has 0 saturated carbocycles. The van der Waals surface area contributed by atoms with Crippen molar-refractivity contribution in [1.29, 1.82) is 0 Å². The number of hydrogen-bond donors (Lipinski definition) is 3. The van der Waals surface area contributed by atoms with Gasteiger partial charge in [-0.1, -0.05) is 24.3 Å². The van der Waals surface area contributed by atoms with Crippen molar-refractivity contribution < 1.29 is 20.1 Å². The minimum atomic E-state index is -0.0767. The van der Waals surface area contributed by atoms with E-state index < -0.39 is 0 Å². The minimum Gasteiger partial charge on any atom is -0.506 e. The molecule has 0 aliphatic rings. The first-order chi connectivity index (χ1) is 14.8. The average molecular weight is 421 g/mol. The first-order valence-electron chi connectivity index (χ1n) is 9.72. The molecule has 2 heterocycles. The zero-order valence-electron chi connectivity index (χ0n) is 18.2. The van der Waals surface area contributed by atoms with Gasteiger partial charge < -0.3 is 20.1 Å². The van der Waals surface area contributed by atoms with Gasteiger partial charge in [0.25, 0.3) is 0 Å². The van der Waals surface area contributed by atoms with Crippen LogP contribution in [0.15, 0.2) is 36.7 Å². The minimum absolute atomic E-state index is 0.0465. The summed E-state index contributed by atoms with van der Waals surface area (Å²) in [6, 6.07) is 7.30. The molecule has 162 valence electrons. The molecule has 0 amide bonds. The molecule has 0 bridgehead atoms. The molecule has 0 saturated heterocycles. The predicted octanol–water partition coefficient (Wildman–Crippen LogP) is 4.22. The Morgan fingerprint density at radius 3 is 1.97 bits per heavy atom. The number of aromatic nitrogens is 2. The molecule has 0 spiro atoms. The topological polar surface area (TPSA) is 100 Å². The van der Waals surface area contributed by atoms with Gasteiger partial charge in [-0.15, -0.1) is 0 Å². The monoisotopic (exact) mass is 421 g/mol. The highest BCUT2D eigenvalue weighted by Crippen LogP contribution is 2.25. The van der Waals surface area contributed by atoms with Crippen LogP contribution in [0.3, 0.4) is 0 Å². The quantitative estimate of drug-likeness (QED) is 0.534. The SMILES string of the molecule is Cc1ncc(CO)c(C)c1O.[C-]#[N+]c1ccc(COc2c(C)ncc(CO)c2C)cc1.